The third-order valence-electron chi connectivity index (χ3n) is 4.16. The van der Waals surface area contributed by atoms with Gasteiger partial charge < -0.3 is 10.0 Å². The van der Waals surface area contributed by atoms with Crippen LogP contribution in [0.1, 0.15) is 23.4 Å². The van der Waals surface area contributed by atoms with Gasteiger partial charge >= 0.3 is 12.1 Å². The first-order valence-electron chi connectivity index (χ1n) is 6.97. The highest BCUT2D eigenvalue weighted by Gasteiger charge is 2.39. The van der Waals surface area contributed by atoms with Crippen LogP contribution in [0.15, 0.2) is 0 Å². The Hall–Kier alpha value is -2.39. The summed E-state index contributed by atoms with van der Waals surface area (Å²) in [4.78, 5) is 12.8. The zero-order valence-corrected chi connectivity index (χ0v) is 12.4. The van der Waals surface area contributed by atoms with E-state index in [9.17, 15) is 18.0 Å². The summed E-state index contributed by atoms with van der Waals surface area (Å²) >= 11 is 0. The van der Waals surface area contributed by atoms with E-state index in [1.54, 1.807) is 18.7 Å². The van der Waals surface area contributed by atoms with Crippen LogP contribution in [0.2, 0.25) is 0 Å². The van der Waals surface area contributed by atoms with Crippen LogP contribution in [0.3, 0.4) is 0 Å². The summed E-state index contributed by atoms with van der Waals surface area (Å²) in [6.07, 6.45) is -4.23. The third-order valence-corrected chi connectivity index (χ3v) is 4.16. The van der Waals surface area contributed by atoms with Gasteiger partial charge in [0.25, 0.3) is 5.82 Å². The zero-order chi connectivity index (χ0) is 16.9. The van der Waals surface area contributed by atoms with Crippen molar-refractivity contribution in [3.05, 3.63) is 17.0 Å². The lowest BCUT2D eigenvalue weighted by molar-refractivity contribution is -0.146. The first-order chi connectivity index (χ1) is 10.7. The smallest absolute Gasteiger partial charge is 0.453 e. The van der Waals surface area contributed by atoms with Gasteiger partial charge in [0.05, 0.1) is 5.92 Å². The van der Waals surface area contributed by atoms with Gasteiger partial charge in [-0.15, -0.1) is 15.3 Å². The number of fused-ring (bicyclic) bond motifs is 1. The fraction of sp³-hybridized carbons (Fsp3) is 0.538. The van der Waals surface area contributed by atoms with Crippen LogP contribution < -0.4 is 4.90 Å². The number of carboxylic acid groups (broad SMARTS) is 1. The number of carboxylic acids is 1. The molecule has 1 atom stereocenters. The molecule has 3 heterocycles. The lowest BCUT2D eigenvalue weighted by Gasteiger charge is -2.20. The summed E-state index contributed by atoms with van der Waals surface area (Å²) in [7, 11) is 0. The Kier molecular flexibility index (Phi) is 3.42. The van der Waals surface area contributed by atoms with Gasteiger partial charge in [0.15, 0.2) is 11.5 Å². The molecule has 2 aromatic rings. The fourth-order valence-electron chi connectivity index (χ4n) is 2.74. The highest BCUT2D eigenvalue weighted by atomic mass is 19.4. The molecule has 1 aliphatic rings. The number of hydrogen-bond donors (Lipinski definition) is 1. The minimum absolute atomic E-state index is 0.0487. The van der Waals surface area contributed by atoms with Gasteiger partial charge in [0.2, 0.25) is 0 Å². The molecule has 3 rings (SSSR count). The van der Waals surface area contributed by atoms with Gasteiger partial charge in [0, 0.05) is 24.2 Å². The van der Waals surface area contributed by atoms with Crippen LogP contribution in [0.25, 0.3) is 5.65 Å². The molecule has 1 fully saturated rings. The average molecular weight is 329 g/mol. The highest BCUT2D eigenvalue weighted by Crippen LogP contribution is 2.32. The summed E-state index contributed by atoms with van der Waals surface area (Å²) in [6.45, 7) is 4.03. The largest absolute Gasteiger partial charge is 0.481 e. The number of hydrogen-bond acceptors (Lipinski definition) is 5. The second kappa shape index (κ2) is 5.07. The highest BCUT2D eigenvalue weighted by molar-refractivity contribution is 5.72. The molecule has 1 saturated heterocycles. The molecule has 0 radical (unpaired) electrons. The van der Waals surface area contributed by atoms with Gasteiger partial charge in [-0.05, 0) is 20.3 Å². The van der Waals surface area contributed by atoms with E-state index in [-0.39, 0.29) is 12.2 Å². The van der Waals surface area contributed by atoms with Crippen LogP contribution in [0.5, 0.6) is 0 Å². The van der Waals surface area contributed by atoms with Gasteiger partial charge in [0.1, 0.15) is 0 Å². The number of alkyl halides is 3. The maximum absolute atomic E-state index is 13.0. The van der Waals surface area contributed by atoms with E-state index < -0.39 is 23.9 Å². The summed E-state index contributed by atoms with van der Waals surface area (Å²) in [5.74, 6) is -2.31. The Morgan fingerprint density at radius 2 is 1.96 bits per heavy atom. The summed E-state index contributed by atoms with van der Waals surface area (Å²) in [6, 6.07) is 0. The Balaban J connectivity index is 2.11. The van der Waals surface area contributed by atoms with Crippen molar-refractivity contribution in [2.75, 3.05) is 18.0 Å². The maximum Gasteiger partial charge on any atom is 0.453 e. The van der Waals surface area contributed by atoms with E-state index in [1.165, 1.54) is 0 Å². The van der Waals surface area contributed by atoms with Crippen molar-refractivity contribution >= 4 is 17.4 Å². The Morgan fingerprint density at radius 3 is 2.52 bits per heavy atom. The average Bonchev–Trinajstić information content (AvgIpc) is 3.08. The SMILES string of the molecule is Cc1c(N2CCC(C(=O)O)C2)nn2c(C(F)(F)F)nnc2c1C. The zero-order valence-electron chi connectivity index (χ0n) is 12.4. The molecular formula is C13H14F3N5O2. The van der Waals surface area contributed by atoms with Crippen molar-refractivity contribution in [1.29, 1.82) is 0 Å². The van der Waals surface area contributed by atoms with Crippen molar-refractivity contribution in [1.82, 2.24) is 19.8 Å². The van der Waals surface area contributed by atoms with E-state index >= 15 is 0 Å². The number of nitrogens with zero attached hydrogens (tertiary/aromatic N) is 5. The minimum atomic E-state index is -4.67. The van der Waals surface area contributed by atoms with Gasteiger partial charge in [-0.1, -0.05) is 0 Å². The van der Waals surface area contributed by atoms with Gasteiger partial charge in [-0.3, -0.25) is 4.79 Å². The van der Waals surface area contributed by atoms with Crippen molar-refractivity contribution in [2.45, 2.75) is 26.4 Å². The van der Waals surface area contributed by atoms with Gasteiger partial charge in [-0.25, -0.2) is 0 Å². The summed E-state index contributed by atoms with van der Waals surface area (Å²) < 4.78 is 39.7. The molecule has 0 amide bonds. The predicted octanol–water partition coefficient (Wildman–Crippen LogP) is 1.67. The molecule has 1 unspecified atom stereocenters. The van der Waals surface area contributed by atoms with Crippen molar-refractivity contribution in [3.8, 4) is 0 Å². The van der Waals surface area contributed by atoms with E-state index in [2.05, 4.69) is 15.3 Å². The molecule has 1 N–H and O–H groups in total. The molecule has 1 aliphatic heterocycles. The Labute approximate surface area is 128 Å². The molecule has 2 aromatic heterocycles. The molecule has 0 spiro atoms. The predicted molar refractivity (Wildman–Crippen MR) is 73.2 cm³/mol. The quantitative estimate of drug-likeness (QED) is 0.902. The monoisotopic (exact) mass is 329 g/mol. The number of rotatable bonds is 2. The number of carbonyl (C=O) groups is 1. The standard InChI is InChI=1S/C13H14F3N5O2/c1-6-7(2)10(20-4-3-8(5-20)11(22)23)19-21-9(6)17-18-12(21)13(14,15)16/h8H,3-5H2,1-2H3,(H,22,23). The number of aliphatic carboxylic acids is 1. The van der Waals surface area contributed by atoms with Crippen molar-refractivity contribution in [3.63, 3.8) is 0 Å². The lowest BCUT2D eigenvalue weighted by Crippen LogP contribution is -2.26. The Morgan fingerprint density at radius 1 is 1.26 bits per heavy atom. The molecule has 10 heteroatoms. The molecule has 7 nitrogen and oxygen atoms in total. The maximum atomic E-state index is 13.0. The summed E-state index contributed by atoms with van der Waals surface area (Å²) in [5, 5.41) is 19.9. The Bertz CT molecular complexity index is 786. The molecule has 0 aliphatic carbocycles. The first kappa shape index (κ1) is 15.5. The molecule has 124 valence electrons. The summed E-state index contributed by atoms with van der Waals surface area (Å²) in [5.41, 5.74) is 1.26. The number of aromatic nitrogens is 4. The van der Waals surface area contributed by atoms with Crippen molar-refractivity contribution < 1.29 is 23.1 Å². The van der Waals surface area contributed by atoms with Gasteiger partial charge in [-0.2, -0.15) is 17.7 Å². The topological polar surface area (TPSA) is 83.6 Å². The minimum Gasteiger partial charge on any atom is -0.481 e. The van der Waals surface area contributed by atoms with Crippen LogP contribution in [-0.2, 0) is 11.0 Å². The number of halogens is 3. The molecule has 0 bridgehead atoms. The fourth-order valence-corrected chi connectivity index (χ4v) is 2.74. The van der Waals surface area contributed by atoms with E-state index in [0.717, 1.165) is 0 Å². The first-order valence-corrected chi connectivity index (χ1v) is 6.97. The van der Waals surface area contributed by atoms with E-state index in [0.29, 0.717) is 34.4 Å². The van der Waals surface area contributed by atoms with Crippen molar-refractivity contribution in [2.24, 2.45) is 5.92 Å². The number of aryl methyl sites for hydroxylation is 1. The van der Waals surface area contributed by atoms with Crippen LogP contribution >= 0.6 is 0 Å². The molecule has 23 heavy (non-hydrogen) atoms. The van der Waals surface area contributed by atoms with E-state index in [4.69, 9.17) is 5.11 Å². The second-order valence-corrected chi connectivity index (χ2v) is 5.60. The molecule has 0 saturated carbocycles. The normalized spacial score (nSPS) is 18.8. The lowest BCUT2D eigenvalue weighted by atomic mass is 10.1. The van der Waals surface area contributed by atoms with Crippen LogP contribution in [-0.4, -0.2) is 44.0 Å². The second-order valence-electron chi connectivity index (χ2n) is 5.60. The van der Waals surface area contributed by atoms with Crippen LogP contribution in [0, 0.1) is 19.8 Å². The molecule has 0 aromatic carbocycles. The van der Waals surface area contributed by atoms with E-state index in [1.807, 2.05) is 0 Å². The third kappa shape index (κ3) is 2.47. The van der Waals surface area contributed by atoms with Crippen LogP contribution in [0.4, 0.5) is 19.0 Å². The number of anilines is 1. The molecular weight excluding hydrogens is 315 g/mol.